The maximum absolute atomic E-state index is 13.8. The van der Waals surface area contributed by atoms with E-state index in [0.717, 1.165) is 51.3 Å². The third-order valence-electron chi connectivity index (χ3n) is 12.6. The maximum atomic E-state index is 13.8. The number of esters is 1. The summed E-state index contributed by atoms with van der Waals surface area (Å²) in [5.74, 6) is -1.26. The lowest BCUT2D eigenvalue weighted by Gasteiger charge is -2.47. The van der Waals surface area contributed by atoms with Gasteiger partial charge in [0, 0.05) is 36.3 Å². The Hall–Kier alpha value is -1.66. The lowest BCUT2D eigenvalue weighted by Crippen LogP contribution is -2.60. The number of aliphatic hydroxyl groups is 2. The van der Waals surface area contributed by atoms with E-state index < -0.39 is 36.5 Å². The minimum atomic E-state index is -1.05. The molecule has 3 fully saturated rings. The van der Waals surface area contributed by atoms with Gasteiger partial charge in [-0.1, -0.05) is 58.3 Å². The number of hydrogen-bond donors (Lipinski definition) is 2. The largest absolute Gasteiger partial charge is 0.462 e. The zero-order valence-electron chi connectivity index (χ0n) is 33.8. The quantitative estimate of drug-likeness (QED) is 0.297. The van der Waals surface area contributed by atoms with Gasteiger partial charge in [-0.05, 0) is 118 Å². The molecular weight excluding hydrogens is 658 g/mol. The normalized spacial score (nSPS) is 40.2. The average Bonchev–Trinajstić information content (AvgIpc) is 3.12. The Balaban J connectivity index is 1.68. The topological polar surface area (TPSA) is 112 Å². The van der Waals surface area contributed by atoms with Crippen molar-refractivity contribution < 1.29 is 34.0 Å². The van der Waals surface area contributed by atoms with Crippen molar-refractivity contribution in [2.75, 3.05) is 53.4 Å². The van der Waals surface area contributed by atoms with Crippen molar-refractivity contribution >= 4 is 11.8 Å². The van der Waals surface area contributed by atoms with Crippen LogP contribution >= 0.6 is 0 Å². The van der Waals surface area contributed by atoms with Crippen LogP contribution in [0, 0.1) is 29.6 Å². The Kier molecular flexibility index (Phi) is 17.3. The number of ether oxygens (including phenoxy) is 3. The number of likely N-dealkylation sites (N-methyl/N-ethyl adjacent to an activating group) is 1. The molecule has 0 radical (unpaired) electrons. The van der Waals surface area contributed by atoms with Crippen LogP contribution in [0.1, 0.15) is 106 Å². The molecular formula is C42H73N3O7. The Morgan fingerprint density at radius 2 is 1.54 bits per heavy atom. The molecule has 0 bridgehead atoms. The molecule has 3 saturated heterocycles. The molecule has 0 amide bonds. The van der Waals surface area contributed by atoms with Gasteiger partial charge in [-0.3, -0.25) is 9.59 Å². The van der Waals surface area contributed by atoms with Gasteiger partial charge in [0.25, 0.3) is 0 Å². The number of aliphatic hydroxyl groups excluding tert-OH is 2. The summed E-state index contributed by atoms with van der Waals surface area (Å²) in [4.78, 5) is 34.4. The SMILES string of the molecule is CC[C@H]1OC(=O)C[C@@H](O)[C@H](C)C(OC2OC(C)C(C)C(N(C)C)C2O)[C@@H](CCN2CCCCC2)C[C@@H](C)C(=O)/C=C/C(C)=C/[C@@H]1CN1CCCCC1. The lowest BCUT2D eigenvalue weighted by atomic mass is 9.79. The number of rotatable bonds is 9. The predicted octanol–water partition coefficient (Wildman–Crippen LogP) is 5.46. The highest BCUT2D eigenvalue weighted by molar-refractivity contribution is 5.91. The summed E-state index contributed by atoms with van der Waals surface area (Å²) < 4.78 is 19.5. The van der Waals surface area contributed by atoms with Crippen molar-refractivity contribution in [1.29, 1.82) is 0 Å². The molecule has 4 heterocycles. The van der Waals surface area contributed by atoms with E-state index in [-0.39, 0.29) is 54.1 Å². The zero-order valence-corrected chi connectivity index (χ0v) is 33.8. The van der Waals surface area contributed by atoms with Gasteiger partial charge in [0.2, 0.25) is 0 Å². The Morgan fingerprint density at radius 3 is 2.15 bits per heavy atom. The summed E-state index contributed by atoms with van der Waals surface area (Å²) in [6, 6.07) is -0.187. The highest BCUT2D eigenvalue weighted by Crippen LogP contribution is 2.36. The van der Waals surface area contributed by atoms with Crippen molar-refractivity contribution in [3.8, 4) is 0 Å². The van der Waals surface area contributed by atoms with E-state index in [0.29, 0.717) is 12.8 Å². The molecule has 0 aromatic heterocycles. The van der Waals surface area contributed by atoms with Gasteiger partial charge in [0.15, 0.2) is 12.1 Å². The van der Waals surface area contributed by atoms with Crippen LogP contribution in [0.5, 0.6) is 0 Å². The summed E-state index contributed by atoms with van der Waals surface area (Å²) in [6.07, 6.45) is 10.8. The second-order valence-electron chi connectivity index (χ2n) is 16.9. The average molecular weight is 732 g/mol. The summed E-state index contributed by atoms with van der Waals surface area (Å²) in [5, 5.41) is 23.5. The first-order valence-corrected chi connectivity index (χ1v) is 20.7. The molecule has 298 valence electrons. The smallest absolute Gasteiger partial charge is 0.308 e. The predicted molar refractivity (Wildman–Crippen MR) is 206 cm³/mol. The fourth-order valence-electron chi connectivity index (χ4n) is 9.15. The van der Waals surface area contributed by atoms with Gasteiger partial charge in [-0.15, -0.1) is 0 Å². The molecule has 0 saturated carbocycles. The highest BCUT2D eigenvalue weighted by atomic mass is 16.7. The molecule has 0 spiro atoms. The van der Waals surface area contributed by atoms with Gasteiger partial charge >= 0.3 is 5.97 Å². The molecule has 0 aromatic rings. The second-order valence-corrected chi connectivity index (χ2v) is 16.9. The monoisotopic (exact) mass is 732 g/mol. The first-order chi connectivity index (χ1) is 24.8. The summed E-state index contributed by atoms with van der Waals surface area (Å²) in [6.45, 7) is 17.9. The first-order valence-electron chi connectivity index (χ1n) is 20.7. The number of nitrogens with zero attached hydrogens (tertiary/aromatic N) is 3. The number of likely N-dealkylation sites (tertiary alicyclic amines) is 2. The molecule has 0 aromatic carbocycles. The van der Waals surface area contributed by atoms with E-state index in [1.807, 2.05) is 59.7 Å². The molecule has 12 atom stereocenters. The van der Waals surface area contributed by atoms with Gasteiger partial charge in [-0.2, -0.15) is 0 Å². The van der Waals surface area contributed by atoms with Gasteiger partial charge < -0.3 is 39.1 Å². The standard InChI is InChI=1S/C42H73N3O7/c1-9-37-34(27-45-21-14-11-15-22-45)24-28(2)16-17-35(46)29(3)25-33(18-23-44-19-12-10-13-20-44)41(31(5)36(47)26-38(48)51-37)52-42-40(49)39(43(7)8)30(4)32(6)50-42/h16-17,24,29-34,36-37,39-42,47,49H,9-15,18-23,25-27H2,1-8H3/b17-16+,28-24+/t29-,30?,31+,32?,33+,34-,36-,37-,39?,40?,41?,42?/m1/s1. The van der Waals surface area contributed by atoms with Crippen LogP contribution in [0.15, 0.2) is 23.8 Å². The van der Waals surface area contributed by atoms with E-state index in [9.17, 15) is 19.8 Å². The number of carbonyl (C=O) groups is 2. The van der Waals surface area contributed by atoms with Crippen LogP contribution in [0.4, 0.5) is 0 Å². The molecule has 52 heavy (non-hydrogen) atoms. The Morgan fingerprint density at radius 1 is 0.904 bits per heavy atom. The number of hydrogen-bond acceptors (Lipinski definition) is 10. The molecule has 2 N–H and O–H groups in total. The van der Waals surface area contributed by atoms with Crippen LogP contribution in [0.3, 0.4) is 0 Å². The van der Waals surface area contributed by atoms with Crippen molar-refractivity contribution in [3.63, 3.8) is 0 Å². The van der Waals surface area contributed by atoms with Gasteiger partial charge in [0.1, 0.15) is 12.2 Å². The molecule has 10 heteroatoms. The number of ketones is 1. The minimum Gasteiger partial charge on any atom is -0.462 e. The third-order valence-corrected chi connectivity index (χ3v) is 12.6. The van der Waals surface area contributed by atoms with Crippen LogP contribution in [-0.2, 0) is 23.8 Å². The van der Waals surface area contributed by atoms with E-state index >= 15 is 0 Å². The van der Waals surface area contributed by atoms with Crippen LogP contribution in [-0.4, -0.2) is 133 Å². The summed E-state index contributed by atoms with van der Waals surface area (Å²) >= 11 is 0. The molecule has 0 aliphatic carbocycles. The minimum absolute atomic E-state index is 0.0408. The molecule has 10 nitrogen and oxygen atoms in total. The van der Waals surface area contributed by atoms with Crippen LogP contribution in [0.2, 0.25) is 0 Å². The lowest BCUT2D eigenvalue weighted by molar-refractivity contribution is -0.295. The fraction of sp³-hybridized carbons (Fsp3) is 0.857. The fourth-order valence-corrected chi connectivity index (χ4v) is 9.15. The van der Waals surface area contributed by atoms with E-state index in [2.05, 4.69) is 22.8 Å². The number of piperidine rings is 2. The summed E-state index contributed by atoms with van der Waals surface area (Å²) in [5.41, 5.74) is 0.975. The molecule has 4 aliphatic rings. The van der Waals surface area contributed by atoms with Crippen molar-refractivity contribution in [3.05, 3.63) is 23.8 Å². The van der Waals surface area contributed by atoms with Gasteiger partial charge in [0.05, 0.1) is 24.7 Å². The highest BCUT2D eigenvalue weighted by Gasteiger charge is 2.46. The third kappa shape index (κ3) is 12.2. The van der Waals surface area contributed by atoms with Gasteiger partial charge in [-0.25, -0.2) is 0 Å². The van der Waals surface area contributed by atoms with E-state index in [1.54, 1.807) is 6.08 Å². The molecule has 4 aliphatic heterocycles. The van der Waals surface area contributed by atoms with Crippen LogP contribution < -0.4 is 0 Å². The summed E-state index contributed by atoms with van der Waals surface area (Å²) in [7, 11) is 3.92. The molecule has 6 unspecified atom stereocenters. The zero-order chi connectivity index (χ0) is 37.9. The van der Waals surface area contributed by atoms with Crippen molar-refractivity contribution in [2.45, 2.75) is 149 Å². The van der Waals surface area contributed by atoms with Crippen LogP contribution in [0.25, 0.3) is 0 Å². The Labute approximate surface area is 315 Å². The first kappa shape index (κ1) is 43.1. The Bertz CT molecular complexity index is 1170. The maximum Gasteiger partial charge on any atom is 0.308 e. The van der Waals surface area contributed by atoms with E-state index in [4.69, 9.17) is 14.2 Å². The van der Waals surface area contributed by atoms with Crippen molar-refractivity contribution in [2.24, 2.45) is 29.6 Å². The van der Waals surface area contributed by atoms with Crippen molar-refractivity contribution in [1.82, 2.24) is 14.7 Å². The number of carbonyl (C=O) groups excluding carboxylic acids is 2. The number of allylic oxidation sites excluding steroid dienone is 3. The molecule has 4 rings (SSSR count). The van der Waals surface area contributed by atoms with E-state index in [1.165, 1.54) is 38.5 Å². The number of cyclic esters (lactones) is 1. The second kappa shape index (κ2) is 20.9.